The van der Waals surface area contributed by atoms with Gasteiger partial charge in [-0.05, 0) is 55.7 Å². The average Bonchev–Trinajstić information content (AvgIpc) is 2.69. The van der Waals surface area contributed by atoms with Gasteiger partial charge in [-0.1, -0.05) is 40.9 Å². The predicted molar refractivity (Wildman–Crippen MR) is 118 cm³/mol. The van der Waals surface area contributed by atoms with Crippen molar-refractivity contribution in [1.82, 2.24) is 16.2 Å². The van der Waals surface area contributed by atoms with E-state index >= 15 is 0 Å². The molecule has 3 amide bonds. The lowest BCUT2D eigenvalue weighted by Gasteiger charge is -2.19. The van der Waals surface area contributed by atoms with E-state index in [1.54, 1.807) is 30.3 Å². The van der Waals surface area contributed by atoms with Gasteiger partial charge < -0.3 is 5.32 Å². The lowest BCUT2D eigenvalue weighted by atomic mass is 10.1. The molecule has 0 aromatic heterocycles. The summed E-state index contributed by atoms with van der Waals surface area (Å²) in [5.41, 5.74) is 6.38. The first-order valence-electron chi connectivity index (χ1n) is 8.73. The molecule has 0 spiro atoms. The van der Waals surface area contributed by atoms with E-state index in [9.17, 15) is 14.4 Å². The van der Waals surface area contributed by atoms with Crippen LogP contribution in [0.2, 0.25) is 10.0 Å². The highest BCUT2D eigenvalue weighted by molar-refractivity contribution is 7.98. The fourth-order valence-corrected chi connectivity index (χ4v) is 3.36. The van der Waals surface area contributed by atoms with E-state index < -0.39 is 23.8 Å². The Morgan fingerprint density at radius 3 is 2.31 bits per heavy atom. The molecule has 0 aliphatic carbocycles. The van der Waals surface area contributed by atoms with Gasteiger partial charge in [0.25, 0.3) is 17.7 Å². The minimum atomic E-state index is -0.847. The summed E-state index contributed by atoms with van der Waals surface area (Å²) in [6.45, 7) is 1.91. The number of carbonyl (C=O) groups excluding carboxylic acids is 3. The molecule has 2 aromatic rings. The standard InChI is InChI=1S/C20H21Cl2N3O3S/c1-12-3-5-13(6-4-12)18(26)24-25-20(28)17(9-10-29-2)23-19(27)15-8-7-14(21)11-16(15)22/h3-8,11,17H,9-10H2,1-2H3,(H,23,27)(H,24,26)(H,25,28). The summed E-state index contributed by atoms with van der Waals surface area (Å²) < 4.78 is 0. The number of benzene rings is 2. The Morgan fingerprint density at radius 2 is 1.69 bits per heavy atom. The summed E-state index contributed by atoms with van der Waals surface area (Å²) in [7, 11) is 0. The maximum atomic E-state index is 12.5. The van der Waals surface area contributed by atoms with Crippen LogP contribution in [0.3, 0.4) is 0 Å². The lowest BCUT2D eigenvalue weighted by molar-refractivity contribution is -0.123. The third kappa shape index (κ3) is 6.96. The predicted octanol–water partition coefficient (Wildman–Crippen LogP) is 3.61. The number of aryl methyl sites for hydroxylation is 1. The summed E-state index contributed by atoms with van der Waals surface area (Å²) in [4.78, 5) is 37.2. The molecule has 0 fully saturated rings. The highest BCUT2D eigenvalue weighted by Gasteiger charge is 2.23. The number of rotatable bonds is 7. The molecule has 1 atom stereocenters. The first-order valence-corrected chi connectivity index (χ1v) is 10.9. The van der Waals surface area contributed by atoms with E-state index in [2.05, 4.69) is 16.2 Å². The highest BCUT2D eigenvalue weighted by Crippen LogP contribution is 2.21. The van der Waals surface area contributed by atoms with Crippen LogP contribution in [-0.2, 0) is 4.79 Å². The van der Waals surface area contributed by atoms with Gasteiger partial charge in [-0.15, -0.1) is 0 Å². The van der Waals surface area contributed by atoms with Crippen LogP contribution in [0.15, 0.2) is 42.5 Å². The van der Waals surface area contributed by atoms with Crippen LogP contribution in [0.4, 0.5) is 0 Å². The summed E-state index contributed by atoms with van der Waals surface area (Å²) in [5.74, 6) is -0.844. The molecule has 2 rings (SSSR count). The summed E-state index contributed by atoms with van der Waals surface area (Å²) >= 11 is 13.5. The number of hydrogen-bond donors (Lipinski definition) is 3. The first-order chi connectivity index (χ1) is 13.8. The second kappa shape index (κ2) is 11.1. The van der Waals surface area contributed by atoms with Gasteiger partial charge in [-0.3, -0.25) is 25.2 Å². The molecule has 0 heterocycles. The van der Waals surface area contributed by atoms with Crippen LogP contribution in [0, 0.1) is 6.92 Å². The molecule has 3 N–H and O–H groups in total. The van der Waals surface area contributed by atoms with Crippen molar-refractivity contribution in [3.05, 3.63) is 69.2 Å². The fraction of sp³-hybridized carbons (Fsp3) is 0.250. The van der Waals surface area contributed by atoms with E-state index in [0.29, 0.717) is 22.8 Å². The molecule has 2 aromatic carbocycles. The zero-order valence-electron chi connectivity index (χ0n) is 15.9. The van der Waals surface area contributed by atoms with Gasteiger partial charge in [0.1, 0.15) is 6.04 Å². The Kier molecular flexibility index (Phi) is 8.82. The second-order valence-electron chi connectivity index (χ2n) is 6.24. The smallest absolute Gasteiger partial charge is 0.269 e. The van der Waals surface area contributed by atoms with E-state index in [-0.39, 0.29) is 10.6 Å². The van der Waals surface area contributed by atoms with Gasteiger partial charge in [0.15, 0.2) is 0 Å². The van der Waals surface area contributed by atoms with Crippen LogP contribution in [0.5, 0.6) is 0 Å². The van der Waals surface area contributed by atoms with Crippen molar-refractivity contribution >= 4 is 52.7 Å². The molecule has 9 heteroatoms. The van der Waals surface area contributed by atoms with Crippen LogP contribution >= 0.6 is 35.0 Å². The van der Waals surface area contributed by atoms with Crippen LogP contribution < -0.4 is 16.2 Å². The van der Waals surface area contributed by atoms with Crippen LogP contribution in [0.1, 0.15) is 32.7 Å². The topological polar surface area (TPSA) is 87.3 Å². The Morgan fingerprint density at radius 1 is 1.00 bits per heavy atom. The molecular weight excluding hydrogens is 433 g/mol. The maximum absolute atomic E-state index is 12.5. The molecule has 1 unspecified atom stereocenters. The molecule has 6 nitrogen and oxygen atoms in total. The Labute approximate surface area is 183 Å². The van der Waals surface area contributed by atoms with Crippen molar-refractivity contribution in [3.63, 3.8) is 0 Å². The first kappa shape index (κ1) is 23.1. The van der Waals surface area contributed by atoms with Gasteiger partial charge in [-0.2, -0.15) is 11.8 Å². The number of carbonyl (C=O) groups is 3. The molecule has 154 valence electrons. The van der Waals surface area contributed by atoms with E-state index in [1.165, 1.54) is 23.9 Å². The Bertz CT molecular complexity index is 891. The number of halogens is 2. The van der Waals surface area contributed by atoms with E-state index in [4.69, 9.17) is 23.2 Å². The molecule has 0 aliphatic rings. The third-order valence-corrected chi connectivity index (χ3v) is 5.21. The lowest BCUT2D eigenvalue weighted by Crippen LogP contribution is -2.52. The summed E-state index contributed by atoms with van der Waals surface area (Å²) in [6, 6.07) is 10.6. The van der Waals surface area contributed by atoms with Gasteiger partial charge >= 0.3 is 0 Å². The number of hydrogen-bond acceptors (Lipinski definition) is 4. The van der Waals surface area contributed by atoms with Crippen LogP contribution in [0.25, 0.3) is 0 Å². The maximum Gasteiger partial charge on any atom is 0.269 e. The van der Waals surface area contributed by atoms with Crippen LogP contribution in [-0.4, -0.2) is 35.8 Å². The van der Waals surface area contributed by atoms with Gasteiger partial charge in [0.2, 0.25) is 0 Å². The quantitative estimate of drug-likeness (QED) is 0.558. The van der Waals surface area contributed by atoms with Crippen molar-refractivity contribution in [2.45, 2.75) is 19.4 Å². The molecule has 29 heavy (non-hydrogen) atoms. The van der Waals surface area contributed by atoms with Crippen molar-refractivity contribution in [3.8, 4) is 0 Å². The van der Waals surface area contributed by atoms with Gasteiger partial charge in [-0.25, -0.2) is 0 Å². The Balaban J connectivity index is 2.02. The largest absolute Gasteiger partial charge is 0.340 e. The zero-order chi connectivity index (χ0) is 21.4. The van der Waals surface area contributed by atoms with Gasteiger partial charge in [0.05, 0.1) is 10.6 Å². The van der Waals surface area contributed by atoms with Crippen molar-refractivity contribution < 1.29 is 14.4 Å². The minimum Gasteiger partial charge on any atom is -0.340 e. The average molecular weight is 454 g/mol. The van der Waals surface area contributed by atoms with Crippen molar-refractivity contribution in [2.75, 3.05) is 12.0 Å². The fourth-order valence-electron chi connectivity index (χ4n) is 2.40. The number of thioether (sulfide) groups is 1. The number of amides is 3. The van der Waals surface area contributed by atoms with Gasteiger partial charge in [0, 0.05) is 10.6 Å². The zero-order valence-corrected chi connectivity index (χ0v) is 18.3. The molecule has 0 saturated carbocycles. The third-order valence-electron chi connectivity index (χ3n) is 4.02. The number of hydrazine groups is 1. The van der Waals surface area contributed by atoms with E-state index in [1.807, 2.05) is 13.2 Å². The minimum absolute atomic E-state index is 0.187. The molecule has 0 radical (unpaired) electrons. The Hall–Kier alpha value is -2.22. The molecule has 0 bridgehead atoms. The summed E-state index contributed by atoms with van der Waals surface area (Å²) in [6.07, 6.45) is 2.27. The summed E-state index contributed by atoms with van der Waals surface area (Å²) in [5, 5.41) is 3.25. The van der Waals surface area contributed by atoms with Crippen molar-refractivity contribution in [2.24, 2.45) is 0 Å². The monoisotopic (exact) mass is 453 g/mol. The number of nitrogens with one attached hydrogen (secondary N) is 3. The normalized spacial score (nSPS) is 11.4. The molecule has 0 saturated heterocycles. The SMILES string of the molecule is CSCCC(NC(=O)c1ccc(Cl)cc1Cl)C(=O)NNC(=O)c1ccc(C)cc1. The molecule has 0 aliphatic heterocycles. The highest BCUT2D eigenvalue weighted by atomic mass is 35.5. The molecular formula is C20H21Cl2N3O3S. The van der Waals surface area contributed by atoms with Crippen molar-refractivity contribution in [1.29, 1.82) is 0 Å². The van der Waals surface area contributed by atoms with E-state index in [0.717, 1.165) is 5.56 Å². The second-order valence-corrected chi connectivity index (χ2v) is 8.07.